The molecule has 0 radical (unpaired) electrons. The molecule has 6 nitrogen and oxygen atoms in total. The Morgan fingerprint density at radius 1 is 1.00 bits per heavy atom. The Bertz CT molecular complexity index is 814. The second-order valence-electron chi connectivity index (χ2n) is 10.1. The number of esters is 2. The minimum absolute atomic E-state index is 0.372. The van der Waals surface area contributed by atoms with Crippen molar-refractivity contribution >= 4 is 17.7 Å². The van der Waals surface area contributed by atoms with Gasteiger partial charge in [-0.1, -0.05) is 12.1 Å². The summed E-state index contributed by atoms with van der Waals surface area (Å²) in [5, 5.41) is 11.0. The molecule has 1 saturated carbocycles. The van der Waals surface area contributed by atoms with Gasteiger partial charge in [-0.25, -0.2) is 4.39 Å². The fourth-order valence-electron chi connectivity index (χ4n) is 3.83. The van der Waals surface area contributed by atoms with Crippen LogP contribution < -0.4 is 0 Å². The van der Waals surface area contributed by atoms with E-state index >= 15 is 0 Å². The number of hydrogen-bond donors (Lipinski definition) is 1. The number of Topliss-reactive ketones (excluding diaryl/α,β-unsaturated/α-hetero) is 1. The van der Waals surface area contributed by atoms with Crippen molar-refractivity contribution in [1.82, 2.24) is 0 Å². The normalized spacial score (nSPS) is 27.5. The molecule has 166 valence electrons. The van der Waals surface area contributed by atoms with Gasteiger partial charge in [-0.05, 0) is 66.2 Å². The number of benzene rings is 1. The zero-order valence-corrected chi connectivity index (χ0v) is 18.6. The van der Waals surface area contributed by atoms with Crippen LogP contribution in [0, 0.1) is 17.7 Å². The van der Waals surface area contributed by atoms with E-state index in [1.165, 1.54) is 31.2 Å². The van der Waals surface area contributed by atoms with Gasteiger partial charge in [-0.3, -0.25) is 14.4 Å². The minimum atomic E-state index is -1.75. The first-order valence-corrected chi connectivity index (χ1v) is 9.98. The first kappa shape index (κ1) is 24.0. The molecule has 1 N–H and O–H groups in total. The highest BCUT2D eigenvalue weighted by Gasteiger charge is 2.57. The maximum absolute atomic E-state index is 13.5. The van der Waals surface area contributed by atoms with Crippen LogP contribution in [-0.2, 0) is 23.9 Å². The fourth-order valence-corrected chi connectivity index (χ4v) is 3.83. The monoisotopic (exact) mass is 422 g/mol. The molecular weight excluding hydrogens is 391 g/mol. The van der Waals surface area contributed by atoms with Gasteiger partial charge < -0.3 is 14.6 Å². The maximum Gasteiger partial charge on any atom is 0.317 e. The van der Waals surface area contributed by atoms with Gasteiger partial charge in [0.2, 0.25) is 0 Å². The molecule has 0 aromatic heterocycles. The third kappa shape index (κ3) is 5.65. The Kier molecular flexibility index (Phi) is 6.48. The van der Waals surface area contributed by atoms with Crippen LogP contribution in [0.1, 0.15) is 66.4 Å². The highest BCUT2D eigenvalue weighted by molar-refractivity contribution is 6.03. The molecule has 0 bridgehead atoms. The number of ketones is 1. The molecule has 1 aromatic carbocycles. The average molecular weight is 422 g/mol. The second-order valence-corrected chi connectivity index (χ2v) is 10.1. The first-order valence-electron chi connectivity index (χ1n) is 9.98. The Morgan fingerprint density at radius 2 is 1.47 bits per heavy atom. The lowest BCUT2D eigenvalue weighted by atomic mass is 9.61. The van der Waals surface area contributed by atoms with Crippen molar-refractivity contribution in [3.8, 4) is 0 Å². The minimum Gasteiger partial charge on any atom is -0.460 e. The van der Waals surface area contributed by atoms with Crippen LogP contribution in [0.2, 0.25) is 0 Å². The zero-order chi connectivity index (χ0) is 23.1. The van der Waals surface area contributed by atoms with Gasteiger partial charge in [0.15, 0.2) is 5.78 Å². The van der Waals surface area contributed by atoms with Gasteiger partial charge in [0.05, 0.1) is 11.5 Å². The molecule has 30 heavy (non-hydrogen) atoms. The number of ether oxygens (including phenoxy) is 2. The molecule has 1 fully saturated rings. The van der Waals surface area contributed by atoms with Crippen LogP contribution in [0.25, 0.3) is 0 Å². The summed E-state index contributed by atoms with van der Waals surface area (Å²) in [6, 6.07) is 5.18. The van der Waals surface area contributed by atoms with Crippen LogP contribution in [0.4, 0.5) is 4.39 Å². The number of halogens is 1. The highest BCUT2D eigenvalue weighted by Crippen LogP contribution is 2.47. The molecule has 7 heteroatoms. The Balaban J connectivity index is 2.62. The molecule has 0 heterocycles. The second kappa shape index (κ2) is 8.10. The predicted molar refractivity (Wildman–Crippen MR) is 108 cm³/mol. The van der Waals surface area contributed by atoms with Crippen LogP contribution in [-0.4, -0.2) is 39.6 Å². The molecule has 0 unspecified atom stereocenters. The quantitative estimate of drug-likeness (QED) is 0.592. The van der Waals surface area contributed by atoms with E-state index in [-0.39, 0.29) is 0 Å². The smallest absolute Gasteiger partial charge is 0.317 e. The van der Waals surface area contributed by atoms with E-state index in [0.29, 0.717) is 5.56 Å². The van der Waals surface area contributed by atoms with Gasteiger partial charge in [0.1, 0.15) is 22.9 Å². The molecule has 2 rings (SSSR count). The highest BCUT2D eigenvalue weighted by atomic mass is 19.1. The number of carbonyl (C=O) groups excluding carboxylic acids is 3. The molecule has 1 aliphatic rings. The van der Waals surface area contributed by atoms with Crippen molar-refractivity contribution < 1.29 is 33.4 Å². The Labute approximate surface area is 176 Å². The number of aliphatic hydroxyl groups is 1. The standard InChI is InChI=1S/C23H31FO6/c1-21(2,3)29-19(26)17-15(25)12-23(7,28)18(20(27)30-22(4,5)6)16(17)13-8-10-14(24)11-9-13/h8-11,16-18,28H,12H2,1-7H3/t16-,17-,18+,23+/m0/s1. The van der Waals surface area contributed by atoms with E-state index in [0.717, 1.165) is 0 Å². The van der Waals surface area contributed by atoms with E-state index in [1.54, 1.807) is 41.5 Å². The van der Waals surface area contributed by atoms with Crippen molar-refractivity contribution in [3.05, 3.63) is 35.6 Å². The maximum atomic E-state index is 13.5. The van der Waals surface area contributed by atoms with Gasteiger partial charge in [0, 0.05) is 12.3 Å². The summed E-state index contributed by atoms with van der Waals surface area (Å²) < 4.78 is 24.5. The Morgan fingerprint density at radius 3 is 1.93 bits per heavy atom. The Hall–Kier alpha value is -2.28. The topological polar surface area (TPSA) is 89.9 Å². The van der Waals surface area contributed by atoms with Crippen LogP contribution in [0.15, 0.2) is 24.3 Å². The van der Waals surface area contributed by atoms with E-state index in [1.807, 2.05) is 0 Å². The van der Waals surface area contributed by atoms with Crippen molar-refractivity contribution in [2.24, 2.45) is 11.8 Å². The lowest BCUT2D eigenvalue weighted by Crippen LogP contribution is -2.56. The van der Waals surface area contributed by atoms with Gasteiger partial charge in [-0.2, -0.15) is 0 Å². The van der Waals surface area contributed by atoms with Crippen molar-refractivity contribution in [2.75, 3.05) is 0 Å². The predicted octanol–water partition coefficient (Wildman–Crippen LogP) is 3.55. The van der Waals surface area contributed by atoms with E-state index in [2.05, 4.69) is 0 Å². The van der Waals surface area contributed by atoms with Crippen LogP contribution in [0.3, 0.4) is 0 Å². The molecule has 1 aromatic rings. The SMILES string of the molecule is CC(C)(C)OC(=O)[C@H]1C(=O)C[C@@](C)(O)[C@@H](C(=O)OC(C)(C)C)[C@H]1c1ccc(F)cc1. The summed E-state index contributed by atoms with van der Waals surface area (Å²) in [5.74, 6) is -6.18. The summed E-state index contributed by atoms with van der Waals surface area (Å²) in [6.07, 6.45) is -0.404. The molecule has 0 aliphatic heterocycles. The average Bonchev–Trinajstić information content (AvgIpc) is 2.50. The zero-order valence-electron chi connectivity index (χ0n) is 18.6. The molecule has 1 aliphatic carbocycles. The fraction of sp³-hybridized carbons (Fsp3) is 0.609. The van der Waals surface area contributed by atoms with Crippen molar-refractivity contribution in [1.29, 1.82) is 0 Å². The molecule has 0 spiro atoms. The third-order valence-corrected chi connectivity index (χ3v) is 4.84. The summed E-state index contributed by atoms with van der Waals surface area (Å²) in [4.78, 5) is 39.1. The molecule has 4 atom stereocenters. The van der Waals surface area contributed by atoms with Crippen molar-refractivity contribution in [2.45, 2.75) is 77.6 Å². The van der Waals surface area contributed by atoms with Gasteiger partial charge in [0.25, 0.3) is 0 Å². The van der Waals surface area contributed by atoms with Crippen molar-refractivity contribution in [3.63, 3.8) is 0 Å². The first-order chi connectivity index (χ1) is 13.5. The van der Waals surface area contributed by atoms with Gasteiger partial charge >= 0.3 is 11.9 Å². The summed E-state index contributed by atoms with van der Waals surface area (Å²) in [6.45, 7) is 11.5. The summed E-state index contributed by atoms with van der Waals surface area (Å²) in [5.41, 5.74) is -3.08. The summed E-state index contributed by atoms with van der Waals surface area (Å²) in [7, 11) is 0. The largest absolute Gasteiger partial charge is 0.460 e. The van der Waals surface area contributed by atoms with E-state index in [4.69, 9.17) is 9.47 Å². The lowest BCUT2D eigenvalue weighted by molar-refractivity contribution is -0.182. The number of carbonyl (C=O) groups is 3. The third-order valence-electron chi connectivity index (χ3n) is 4.84. The molecule has 0 amide bonds. The van der Waals surface area contributed by atoms with Crippen LogP contribution >= 0.6 is 0 Å². The van der Waals surface area contributed by atoms with E-state index in [9.17, 15) is 23.9 Å². The van der Waals surface area contributed by atoms with Gasteiger partial charge in [-0.15, -0.1) is 0 Å². The number of rotatable bonds is 3. The molecular formula is C23H31FO6. The molecule has 0 saturated heterocycles. The number of hydrogen-bond acceptors (Lipinski definition) is 6. The van der Waals surface area contributed by atoms with E-state index < -0.39 is 64.5 Å². The lowest BCUT2D eigenvalue weighted by Gasteiger charge is -2.44. The van der Waals surface area contributed by atoms with Crippen LogP contribution in [0.5, 0.6) is 0 Å². The summed E-state index contributed by atoms with van der Waals surface area (Å²) >= 11 is 0.